The van der Waals surface area contributed by atoms with Gasteiger partial charge in [-0.2, -0.15) is 4.98 Å². The number of halogens is 1. The highest BCUT2D eigenvalue weighted by atomic mass is 35.5. The molecule has 0 saturated heterocycles. The number of nitrogens with one attached hydrogen (secondary N) is 1. The van der Waals surface area contributed by atoms with E-state index in [1.165, 1.54) is 17.0 Å². The minimum atomic E-state index is -1.09. The van der Waals surface area contributed by atoms with Crippen molar-refractivity contribution in [2.45, 2.75) is 12.5 Å². The van der Waals surface area contributed by atoms with Gasteiger partial charge in [-0.3, -0.25) is 9.36 Å². The molecule has 0 fully saturated rings. The van der Waals surface area contributed by atoms with Crippen molar-refractivity contribution in [3.05, 3.63) is 29.9 Å². The molecule has 2 heterocycles. The van der Waals surface area contributed by atoms with Gasteiger partial charge in [0.15, 0.2) is 0 Å². The van der Waals surface area contributed by atoms with Gasteiger partial charge in [0.25, 0.3) is 0 Å². The Labute approximate surface area is 118 Å². The Bertz CT molecular complexity index is 617. The molecular formula is C11H10ClN5O3. The number of rotatable bonds is 6. The quantitative estimate of drug-likeness (QED) is 0.598. The number of carbonyl (C=O) groups excluding carboxylic acids is 1. The van der Waals surface area contributed by atoms with Crippen molar-refractivity contribution in [3.8, 4) is 5.95 Å². The average molecular weight is 296 g/mol. The molecule has 8 nitrogen and oxygen atoms in total. The lowest BCUT2D eigenvalue weighted by Crippen LogP contribution is -2.25. The lowest BCUT2D eigenvalue weighted by atomic mass is 10.2. The predicted molar refractivity (Wildman–Crippen MR) is 69.9 cm³/mol. The van der Waals surface area contributed by atoms with Crippen molar-refractivity contribution in [3.63, 3.8) is 0 Å². The van der Waals surface area contributed by atoms with Gasteiger partial charge in [-0.1, -0.05) is 11.6 Å². The topological polar surface area (TPSA) is 110 Å². The molecule has 9 heteroatoms. The third-order valence-electron chi connectivity index (χ3n) is 2.31. The number of hydrogen-bond acceptors (Lipinski definition) is 6. The summed E-state index contributed by atoms with van der Waals surface area (Å²) in [5.41, 5.74) is 0. The van der Waals surface area contributed by atoms with E-state index in [4.69, 9.17) is 16.7 Å². The van der Waals surface area contributed by atoms with Crippen LogP contribution in [0.15, 0.2) is 24.8 Å². The summed E-state index contributed by atoms with van der Waals surface area (Å²) in [6, 6.07) is 0.509. The van der Waals surface area contributed by atoms with E-state index in [0.717, 1.165) is 0 Å². The standard InChI is InChI=1S/C11H10ClN5O3/c12-8-4-9(14-7(5-18)3-10(19)20)16-11(15-8)17-2-1-13-6-17/h1-2,4-7H,3H2,(H,19,20)(H,14,15,16). The Morgan fingerprint density at radius 3 is 2.95 bits per heavy atom. The van der Waals surface area contributed by atoms with Crippen LogP contribution in [0.2, 0.25) is 5.15 Å². The van der Waals surface area contributed by atoms with Crippen LogP contribution in [-0.2, 0) is 9.59 Å². The van der Waals surface area contributed by atoms with Gasteiger partial charge >= 0.3 is 5.97 Å². The molecule has 2 rings (SSSR count). The number of hydrogen-bond donors (Lipinski definition) is 2. The van der Waals surface area contributed by atoms with Crippen LogP contribution in [0.3, 0.4) is 0 Å². The van der Waals surface area contributed by atoms with E-state index in [9.17, 15) is 9.59 Å². The number of anilines is 1. The summed E-state index contributed by atoms with van der Waals surface area (Å²) < 4.78 is 1.53. The molecule has 20 heavy (non-hydrogen) atoms. The Balaban J connectivity index is 2.24. The lowest BCUT2D eigenvalue weighted by molar-refractivity contribution is -0.138. The summed E-state index contributed by atoms with van der Waals surface area (Å²) in [7, 11) is 0. The van der Waals surface area contributed by atoms with Crippen LogP contribution in [0, 0.1) is 0 Å². The smallest absolute Gasteiger partial charge is 0.305 e. The molecular weight excluding hydrogens is 286 g/mol. The average Bonchev–Trinajstić information content (AvgIpc) is 2.90. The molecule has 0 bridgehead atoms. The van der Waals surface area contributed by atoms with Crippen LogP contribution in [-0.4, -0.2) is 42.9 Å². The largest absolute Gasteiger partial charge is 0.481 e. The Morgan fingerprint density at radius 2 is 2.35 bits per heavy atom. The first-order valence-electron chi connectivity index (χ1n) is 5.55. The minimum Gasteiger partial charge on any atom is -0.481 e. The zero-order valence-electron chi connectivity index (χ0n) is 10.1. The highest BCUT2D eigenvalue weighted by molar-refractivity contribution is 6.29. The summed E-state index contributed by atoms with van der Waals surface area (Å²) >= 11 is 5.87. The van der Waals surface area contributed by atoms with Gasteiger partial charge in [-0.05, 0) is 0 Å². The molecule has 0 amide bonds. The van der Waals surface area contributed by atoms with Crippen molar-refractivity contribution in [1.29, 1.82) is 0 Å². The maximum atomic E-state index is 10.8. The predicted octanol–water partition coefficient (Wildman–Crippen LogP) is 0.770. The van der Waals surface area contributed by atoms with Gasteiger partial charge in [0, 0.05) is 18.5 Å². The van der Waals surface area contributed by atoms with E-state index < -0.39 is 12.0 Å². The number of aromatic nitrogens is 4. The second kappa shape index (κ2) is 6.11. The number of nitrogens with zero attached hydrogens (tertiary/aromatic N) is 4. The summed E-state index contributed by atoms with van der Waals surface area (Å²) in [6.45, 7) is 0. The van der Waals surface area contributed by atoms with Gasteiger partial charge < -0.3 is 15.2 Å². The third-order valence-corrected chi connectivity index (χ3v) is 2.50. The van der Waals surface area contributed by atoms with E-state index in [-0.39, 0.29) is 23.3 Å². The van der Waals surface area contributed by atoms with E-state index in [1.54, 1.807) is 12.4 Å². The van der Waals surface area contributed by atoms with Crippen LogP contribution in [0.4, 0.5) is 5.82 Å². The van der Waals surface area contributed by atoms with E-state index in [0.29, 0.717) is 6.29 Å². The molecule has 104 valence electrons. The van der Waals surface area contributed by atoms with Gasteiger partial charge in [-0.15, -0.1) is 0 Å². The highest BCUT2D eigenvalue weighted by Gasteiger charge is 2.14. The molecule has 1 atom stereocenters. The molecule has 0 radical (unpaired) electrons. The number of carboxylic acids is 1. The van der Waals surface area contributed by atoms with Crippen LogP contribution < -0.4 is 5.32 Å². The maximum Gasteiger partial charge on any atom is 0.305 e. The molecule has 0 spiro atoms. The Hall–Kier alpha value is -2.48. The summed E-state index contributed by atoms with van der Waals surface area (Å²) in [6.07, 6.45) is 4.82. The first-order valence-corrected chi connectivity index (χ1v) is 5.93. The normalized spacial score (nSPS) is 11.8. The molecule has 0 aliphatic rings. The fourth-order valence-electron chi connectivity index (χ4n) is 1.48. The Morgan fingerprint density at radius 1 is 1.55 bits per heavy atom. The number of imidazole rings is 1. The number of carboxylic acid groups (broad SMARTS) is 1. The SMILES string of the molecule is O=CC(CC(=O)O)Nc1cc(Cl)nc(-n2ccnc2)n1. The van der Waals surface area contributed by atoms with Gasteiger partial charge in [0.05, 0.1) is 12.5 Å². The highest BCUT2D eigenvalue weighted by Crippen LogP contribution is 2.15. The Kier molecular flexibility index (Phi) is 4.26. The van der Waals surface area contributed by atoms with Crippen LogP contribution in [0.25, 0.3) is 5.95 Å². The van der Waals surface area contributed by atoms with Gasteiger partial charge in [0.1, 0.15) is 23.6 Å². The van der Waals surface area contributed by atoms with E-state index in [2.05, 4.69) is 20.3 Å². The maximum absolute atomic E-state index is 10.8. The second-order valence-corrected chi connectivity index (χ2v) is 4.22. The van der Waals surface area contributed by atoms with Crippen molar-refractivity contribution >= 4 is 29.7 Å². The zero-order chi connectivity index (χ0) is 14.5. The molecule has 0 aromatic carbocycles. The first-order chi connectivity index (χ1) is 9.58. The molecule has 0 aliphatic heterocycles. The first kappa shape index (κ1) is 13.9. The summed E-state index contributed by atoms with van der Waals surface area (Å²) in [5.74, 6) is -0.575. The van der Waals surface area contributed by atoms with Gasteiger partial charge in [0.2, 0.25) is 5.95 Å². The zero-order valence-corrected chi connectivity index (χ0v) is 10.9. The van der Waals surface area contributed by atoms with Crippen LogP contribution in [0.1, 0.15) is 6.42 Å². The van der Waals surface area contributed by atoms with Crippen LogP contribution >= 0.6 is 11.6 Å². The van der Waals surface area contributed by atoms with Crippen molar-refractivity contribution in [2.75, 3.05) is 5.32 Å². The molecule has 1 unspecified atom stereocenters. The lowest BCUT2D eigenvalue weighted by Gasteiger charge is -2.12. The van der Waals surface area contributed by atoms with Crippen molar-refractivity contribution < 1.29 is 14.7 Å². The fraction of sp³-hybridized carbons (Fsp3) is 0.182. The van der Waals surface area contributed by atoms with E-state index in [1.807, 2.05) is 0 Å². The van der Waals surface area contributed by atoms with Gasteiger partial charge in [-0.25, -0.2) is 9.97 Å². The second-order valence-electron chi connectivity index (χ2n) is 3.83. The van der Waals surface area contributed by atoms with E-state index >= 15 is 0 Å². The monoisotopic (exact) mass is 295 g/mol. The molecule has 0 saturated carbocycles. The third kappa shape index (κ3) is 3.51. The molecule has 2 N–H and O–H groups in total. The fourth-order valence-corrected chi connectivity index (χ4v) is 1.66. The number of aldehydes is 1. The summed E-state index contributed by atoms with van der Waals surface area (Å²) in [4.78, 5) is 33.4. The number of carbonyl (C=O) groups is 2. The summed E-state index contributed by atoms with van der Waals surface area (Å²) in [5, 5.41) is 11.5. The number of aliphatic carboxylic acids is 1. The minimum absolute atomic E-state index is 0.158. The molecule has 0 aliphatic carbocycles. The molecule has 2 aromatic rings. The molecule has 2 aromatic heterocycles. The van der Waals surface area contributed by atoms with Crippen molar-refractivity contribution in [1.82, 2.24) is 19.5 Å². The van der Waals surface area contributed by atoms with Crippen LogP contribution in [0.5, 0.6) is 0 Å². The van der Waals surface area contributed by atoms with Crippen molar-refractivity contribution in [2.24, 2.45) is 0 Å².